The third kappa shape index (κ3) is 7.62. The van der Waals surface area contributed by atoms with E-state index >= 15 is 0 Å². The lowest BCUT2D eigenvalue weighted by atomic mass is 9.98. The van der Waals surface area contributed by atoms with Crippen molar-refractivity contribution >= 4 is 34.0 Å². The maximum atomic E-state index is 12.6. The molecule has 0 saturated carbocycles. The van der Waals surface area contributed by atoms with Gasteiger partial charge in [-0.3, -0.25) is 23.4 Å². The zero-order valence-electron chi connectivity index (χ0n) is 16.5. The minimum Gasteiger partial charge on any atom is -0.456 e. The Bertz CT molecular complexity index is 809. The Labute approximate surface area is 174 Å². The second-order valence-corrected chi connectivity index (χ2v) is 7.67. The average molecular weight is 480 g/mol. The molecule has 1 fully saturated rings. The molecule has 0 aromatic heterocycles. The molecule has 1 aliphatic heterocycles. The quantitative estimate of drug-likeness (QED) is 0.207. The fourth-order valence-corrected chi connectivity index (χ4v) is 2.92. The molecule has 0 N–H and O–H groups in total. The summed E-state index contributed by atoms with van der Waals surface area (Å²) in [5.74, 6) is -4.02. The van der Waals surface area contributed by atoms with Crippen LogP contribution in [-0.4, -0.2) is 75.1 Å². The van der Waals surface area contributed by atoms with Crippen LogP contribution in [0.5, 0.6) is 0 Å². The van der Waals surface area contributed by atoms with Crippen LogP contribution >= 0.6 is 0 Å². The van der Waals surface area contributed by atoms with E-state index in [1.54, 1.807) is 0 Å². The third-order valence-electron chi connectivity index (χ3n) is 3.45. The maximum Gasteiger partial charge on any atom is 0.523 e. The SMILES string of the molecule is CC(=O)OC1OC(COS(=O)(=O)C(F)(F)F)C(OC(C)=O)C(OC(C)=O)C1OC(C)=O. The number of carbonyl (C=O) groups is 4. The number of carbonyl (C=O) groups excluding carboxylic acids is 4. The van der Waals surface area contributed by atoms with Crippen molar-refractivity contribution in [2.24, 2.45) is 0 Å². The van der Waals surface area contributed by atoms with E-state index < -0.39 is 76.8 Å². The van der Waals surface area contributed by atoms with Gasteiger partial charge in [-0.15, -0.1) is 0 Å². The summed E-state index contributed by atoms with van der Waals surface area (Å²) in [6.45, 7) is 2.25. The second kappa shape index (κ2) is 10.2. The van der Waals surface area contributed by atoms with Gasteiger partial charge in [0, 0.05) is 27.7 Å². The summed E-state index contributed by atoms with van der Waals surface area (Å²) in [5.41, 5.74) is -5.77. The normalized spacial score (nSPS) is 26.5. The van der Waals surface area contributed by atoms with Crippen LogP contribution in [0.25, 0.3) is 0 Å². The molecular weight excluding hydrogens is 461 g/mol. The van der Waals surface area contributed by atoms with Crippen LogP contribution in [0.4, 0.5) is 13.2 Å². The molecule has 5 unspecified atom stereocenters. The van der Waals surface area contributed by atoms with Crippen molar-refractivity contribution in [2.45, 2.75) is 63.9 Å². The Balaban J connectivity index is 3.37. The average Bonchev–Trinajstić information content (AvgIpc) is 2.56. The van der Waals surface area contributed by atoms with Crippen molar-refractivity contribution in [3.63, 3.8) is 0 Å². The molecule has 1 aliphatic rings. The van der Waals surface area contributed by atoms with Crippen LogP contribution in [-0.2, 0) is 57.2 Å². The first-order valence-corrected chi connectivity index (χ1v) is 9.76. The summed E-state index contributed by atoms with van der Waals surface area (Å²) in [5, 5.41) is 0. The molecule has 31 heavy (non-hydrogen) atoms. The molecule has 0 radical (unpaired) electrons. The lowest BCUT2D eigenvalue weighted by molar-refractivity contribution is -0.298. The minimum atomic E-state index is -6.08. The van der Waals surface area contributed by atoms with E-state index in [1.165, 1.54) is 0 Å². The van der Waals surface area contributed by atoms with Gasteiger partial charge in [0.15, 0.2) is 12.2 Å². The van der Waals surface area contributed by atoms with E-state index in [2.05, 4.69) is 4.18 Å². The highest BCUT2D eigenvalue weighted by molar-refractivity contribution is 7.87. The molecule has 1 heterocycles. The van der Waals surface area contributed by atoms with Crippen molar-refractivity contribution < 1.29 is 68.6 Å². The minimum absolute atomic E-state index is 0.883. The molecule has 0 spiro atoms. The van der Waals surface area contributed by atoms with Crippen LogP contribution in [0.15, 0.2) is 0 Å². The fourth-order valence-electron chi connectivity index (χ4n) is 2.47. The van der Waals surface area contributed by atoms with Crippen LogP contribution in [0.3, 0.4) is 0 Å². The van der Waals surface area contributed by atoms with Gasteiger partial charge in [0.25, 0.3) is 0 Å². The Hall–Kier alpha value is -2.46. The van der Waals surface area contributed by atoms with E-state index in [1.807, 2.05) is 0 Å². The van der Waals surface area contributed by atoms with Gasteiger partial charge >= 0.3 is 39.5 Å². The van der Waals surface area contributed by atoms with E-state index in [9.17, 15) is 40.8 Å². The van der Waals surface area contributed by atoms with Crippen molar-refractivity contribution in [2.75, 3.05) is 6.61 Å². The molecule has 1 rings (SSSR count). The van der Waals surface area contributed by atoms with Gasteiger partial charge < -0.3 is 23.7 Å². The van der Waals surface area contributed by atoms with Crippen LogP contribution < -0.4 is 0 Å². The molecule has 0 amide bonds. The van der Waals surface area contributed by atoms with E-state index in [0.29, 0.717) is 0 Å². The molecular formula is C15H19F3O12S. The number of halogens is 3. The number of hydrogen-bond donors (Lipinski definition) is 0. The van der Waals surface area contributed by atoms with Gasteiger partial charge in [0.05, 0.1) is 6.61 Å². The highest BCUT2D eigenvalue weighted by Gasteiger charge is 2.55. The van der Waals surface area contributed by atoms with Crippen LogP contribution in [0.1, 0.15) is 27.7 Å². The maximum absolute atomic E-state index is 12.6. The number of hydrogen-bond acceptors (Lipinski definition) is 12. The Kier molecular flexibility index (Phi) is 8.77. The lowest BCUT2D eigenvalue weighted by Crippen LogP contribution is -2.63. The second-order valence-electron chi connectivity index (χ2n) is 6.06. The molecule has 0 bridgehead atoms. The van der Waals surface area contributed by atoms with Crippen molar-refractivity contribution in [1.29, 1.82) is 0 Å². The standard InChI is InChI=1S/C15H19F3O12S/c1-6(19)26-11-10(5-25-31(23,24)15(16,17)18)30-14(29-9(4)22)13(28-8(3)21)12(11)27-7(2)20/h10-14H,5H2,1-4H3. The molecule has 1 saturated heterocycles. The number of alkyl halides is 3. The summed E-state index contributed by atoms with van der Waals surface area (Å²) in [4.78, 5) is 45.9. The summed E-state index contributed by atoms with van der Waals surface area (Å²) in [6.07, 6.45) is -9.02. The Morgan fingerprint density at radius 1 is 0.774 bits per heavy atom. The predicted molar refractivity (Wildman–Crippen MR) is 88.0 cm³/mol. The molecule has 0 aromatic carbocycles. The zero-order valence-corrected chi connectivity index (χ0v) is 17.4. The molecule has 12 nitrogen and oxygen atoms in total. The van der Waals surface area contributed by atoms with E-state index in [4.69, 9.17) is 23.7 Å². The number of esters is 4. The van der Waals surface area contributed by atoms with Crippen LogP contribution in [0.2, 0.25) is 0 Å². The Morgan fingerprint density at radius 2 is 1.19 bits per heavy atom. The smallest absolute Gasteiger partial charge is 0.456 e. The highest BCUT2D eigenvalue weighted by atomic mass is 32.2. The van der Waals surface area contributed by atoms with Gasteiger partial charge in [0.1, 0.15) is 6.10 Å². The third-order valence-corrected chi connectivity index (χ3v) is 4.46. The highest BCUT2D eigenvalue weighted by Crippen LogP contribution is 2.31. The Morgan fingerprint density at radius 3 is 1.61 bits per heavy atom. The monoisotopic (exact) mass is 480 g/mol. The molecule has 5 atom stereocenters. The number of rotatable bonds is 7. The molecule has 0 aromatic rings. The fraction of sp³-hybridized carbons (Fsp3) is 0.733. The van der Waals surface area contributed by atoms with Crippen molar-refractivity contribution in [3.8, 4) is 0 Å². The molecule has 178 valence electrons. The summed E-state index contributed by atoms with van der Waals surface area (Å²) in [6, 6.07) is 0. The topological polar surface area (TPSA) is 158 Å². The van der Waals surface area contributed by atoms with E-state index in [0.717, 1.165) is 27.7 Å². The molecule has 0 aliphatic carbocycles. The summed E-state index contributed by atoms with van der Waals surface area (Å²) in [7, 11) is -6.08. The summed E-state index contributed by atoms with van der Waals surface area (Å²) >= 11 is 0. The largest absolute Gasteiger partial charge is 0.523 e. The lowest BCUT2D eigenvalue weighted by Gasteiger charge is -2.43. The van der Waals surface area contributed by atoms with Crippen LogP contribution in [0, 0.1) is 0 Å². The van der Waals surface area contributed by atoms with Gasteiger partial charge in [0.2, 0.25) is 12.4 Å². The van der Waals surface area contributed by atoms with E-state index in [-0.39, 0.29) is 0 Å². The van der Waals surface area contributed by atoms with Gasteiger partial charge in [-0.2, -0.15) is 21.6 Å². The first-order chi connectivity index (χ1) is 14.0. The molecule has 16 heteroatoms. The summed E-state index contributed by atoms with van der Waals surface area (Å²) < 4.78 is 88.8. The van der Waals surface area contributed by atoms with Gasteiger partial charge in [-0.25, -0.2) is 0 Å². The first kappa shape index (κ1) is 26.6. The van der Waals surface area contributed by atoms with Crippen molar-refractivity contribution in [3.05, 3.63) is 0 Å². The van der Waals surface area contributed by atoms with Gasteiger partial charge in [-0.05, 0) is 0 Å². The van der Waals surface area contributed by atoms with Gasteiger partial charge in [-0.1, -0.05) is 0 Å². The predicted octanol–water partition coefficient (Wildman–Crippen LogP) is -0.0643. The zero-order chi connectivity index (χ0) is 24.1. The number of ether oxygens (including phenoxy) is 5. The first-order valence-electron chi connectivity index (χ1n) is 8.35. The van der Waals surface area contributed by atoms with Crippen molar-refractivity contribution in [1.82, 2.24) is 0 Å².